The van der Waals surface area contributed by atoms with Crippen LogP contribution >= 0.6 is 0 Å². The molecule has 1 aromatic carbocycles. The van der Waals surface area contributed by atoms with E-state index in [1.807, 2.05) is 13.0 Å². The summed E-state index contributed by atoms with van der Waals surface area (Å²) in [5.74, 6) is -1.05. The van der Waals surface area contributed by atoms with E-state index >= 15 is 0 Å². The van der Waals surface area contributed by atoms with Crippen molar-refractivity contribution in [3.05, 3.63) is 41.0 Å². The fourth-order valence-electron chi connectivity index (χ4n) is 2.49. The van der Waals surface area contributed by atoms with E-state index in [1.165, 1.54) is 31.4 Å². The van der Waals surface area contributed by atoms with Crippen LogP contribution in [0.25, 0.3) is 6.08 Å². The smallest absolute Gasteiger partial charge is 0.126 e. The van der Waals surface area contributed by atoms with Crippen LogP contribution in [-0.4, -0.2) is 12.6 Å². The maximum Gasteiger partial charge on any atom is 0.126 e. The van der Waals surface area contributed by atoms with Crippen LogP contribution in [0, 0.1) is 11.6 Å². The van der Waals surface area contributed by atoms with Crippen LogP contribution in [0.1, 0.15) is 38.2 Å². The Bertz CT molecular complexity index is 414. The lowest BCUT2D eigenvalue weighted by atomic mass is 9.97. The van der Waals surface area contributed by atoms with Crippen LogP contribution in [0.3, 0.4) is 0 Å². The molecule has 0 aromatic heterocycles. The second kappa shape index (κ2) is 6.10. The summed E-state index contributed by atoms with van der Waals surface area (Å²) in [5.41, 5.74) is 1.75. The third-order valence-electron chi connectivity index (χ3n) is 3.28. The fraction of sp³-hybridized carbons (Fsp3) is 0.467. The van der Waals surface area contributed by atoms with Gasteiger partial charge in [-0.05, 0) is 50.4 Å². The van der Waals surface area contributed by atoms with Gasteiger partial charge in [-0.2, -0.15) is 0 Å². The standard InChI is InChI=1S/C15H19F2N/c1-11(7-15-4-2-3-5-18-15)6-12-8-13(16)10-14(17)9-12/h6,8-10,15,18H,2-5,7H2,1H3/b11-6-. The van der Waals surface area contributed by atoms with Crippen LogP contribution in [-0.2, 0) is 0 Å². The average Bonchev–Trinajstić information content (AvgIpc) is 2.28. The molecule has 0 saturated carbocycles. The van der Waals surface area contributed by atoms with Crippen molar-refractivity contribution in [1.82, 2.24) is 5.32 Å². The Morgan fingerprint density at radius 2 is 2.00 bits per heavy atom. The fourth-order valence-corrected chi connectivity index (χ4v) is 2.49. The van der Waals surface area contributed by atoms with Gasteiger partial charge in [0, 0.05) is 12.1 Å². The van der Waals surface area contributed by atoms with Crippen molar-refractivity contribution in [2.24, 2.45) is 0 Å². The second-order valence-electron chi connectivity index (χ2n) is 5.04. The first-order valence-electron chi connectivity index (χ1n) is 6.50. The number of nitrogens with one attached hydrogen (secondary N) is 1. The van der Waals surface area contributed by atoms with Gasteiger partial charge in [-0.15, -0.1) is 0 Å². The first kappa shape index (κ1) is 13.2. The van der Waals surface area contributed by atoms with Gasteiger partial charge in [0.25, 0.3) is 0 Å². The second-order valence-corrected chi connectivity index (χ2v) is 5.04. The van der Waals surface area contributed by atoms with Gasteiger partial charge in [0.05, 0.1) is 0 Å². The van der Waals surface area contributed by atoms with Gasteiger partial charge in [-0.3, -0.25) is 0 Å². The molecule has 1 aromatic rings. The molecule has 0 spiro atoms. The Morgan fingerprint density at radius 3 is 2.61 bits per heavy atom. The predicted molar refractivity (Wildman–Crippen MR) is 70.3 cm³/mol. The highest BCUT2D eigenvalue weighted by Gasteiger charge is 2.12. The molecule has 0 aliphatic carbocycles. The molecule has 1 nitrogen and oxygen atoms in total. The molecule has 1 fully saturated rings. The van der Waals surface area contributed by atoms with E-state index in [0.29, 0.717) is 11.6 Å². The molecule has 0 radical (unpaired) electrons. The number of rotatable bonds is 3. The van der Waals surface area contributed by atoms with Gasteiger partial charge in [-0.25, -0.2) is 8.78 Å². The van der Waals surface area contributed by atoms with Gasteiger partial charge in [0.15, 0.2) is 0 Å². The summed E-state index contributed by atoms with van der Waals surface area (Å²) < 4.78 is 26.1. The zero-order valence-electron chi connectivity index (χ0n) is 10.7. The molecule has 1 aliphatic rings. The van der Waals surface area contributed by atoms with Gasteiger partial charge in [-0.1, -0.05) is 18.1 Å². The van der Waals surface area contributed by atoms with E-state index in [0.717, 1.165) is 24.6 Å². The molecule has 3 heteroatoms. The molecule has 98 valence electrons. The summed E-state index contributed by atoms with van der Waals surface area (Å²) >= 11 is 0. The lowest BCUT2D eigenvalue weighted by molar-refractivity contribution is 0.399. The summed E-state index contributed by atoms with van der Waals surface area (Å²) in [6, 6.07) is 4.13. The summed E-state index contributed by atoms with van der Waals surface area (Å²) in [7, 11) is 0. The SMILES string of the molecule is C/C(=C/c1cc(F)cc(F)c1)CC1CCCCN1. The first-order chi connectivity index (χ1) is 8.63. The molecule has 18 heavy (non-hydrogen) atoms. The van der Waals surface area contributed by atoms with Crippen molar-refractivity contribution < 1.29 is 8.78 Å². The van der Waals surface area contributed by atoms with Gasteiger partial charge in [0.1, 0.15) is 11.6 Å². The average molecular weight is 251 g/mol. The van der Waals surface area contributed by atoms with Crippen molar-refractivity contribution in [3.8, 4) is 0 Å². The van der Waals surface area contributed by atoms with Gasteiger partial charge >= 0.3 is 0 Å². The monoisotopic (exact) mass is 251 g/mol. The van der Waals surface area contributed by atoms with Gasteiger partial charge in [0.2, 0.25) is 0 Å². The summed E-state index contributed by atoms with van der Waals surface area (Å²) in [6.07, 6.45) is 6.50. The molecule has 1 saturated heterocycles. The molecule has 1 heterocycles. The van der Waals surface area contributed by atoms with Crippen molar-refractivity contribution in [2.45, 2.75) is 38.6 Å². The lowest BCUT2D eigenvalue weighted by Crippen LogP contribution is -2.33. The topological polar surface area (TPSA) is 12.0 Å². The zero-order valence-corrected chi connectivity index (χ0v) is 10.7. The third-order valence-corrected chi connectivity index (χ3v) is 3.28. The predicted octanol–water partition coefficient (Wildman–Crippen LogP) is 3.90. The Hall–Kier alpha value is -1.22. The Balaban J connectivity index is 2.02. The van der Waals surface area contributed by atoms with Crippen LogP contribution in [0.2, 0.25) is 0 Å². The summed E-state index contributed by atoms with van der Waals surface area (Å²) in [5, 5.41) is 3.47. The molecule has 1 N–H and O–H groups in total. The largest absolute Gasteiger partial charge is 0.314 e. The molecular weight excluding hydrogens is 232 g/mol. The minimum Gasteiger partial charge on any atom is -0.314 e. The third kappa shape index (κ3) is 3.91. The highest BCUT2D eigenvalue weighted by molar-refractivity contribution is 5.52. The van der Waals surface area contributed by atoms with Crippen LogP contribution in [0.4, 0.5) is 8.78 Å². The van der Waals surface area contributed by atoms with E-state index in [9.17, 15) is 8.78 Å². The Labute approximate surface area is 107 Å². The molecule has 1 aliphatic heterocycles. The molecule has 1 unspecified atom stereocenters. The van der Waals surface area contributed by atoms with Crippen LogP contribution in [0.5, 0.6) is 0 Å². The highest BCUT2D eigenvalue weighted by atomic mass is 19.1. The number of piperidine rings is 1. The Kier molecular flexibility index (Phi) is 4.48. The number of benzene rings is 1. The minimum absolute atomic E-state index is 0.508. The number of hydrogen-bond donors (Lipinski definition) is 1. The van der Waals surface area contributed by atoms with Crippen molar-refractivity contribution >= 4 is 6.08 Å². The Morgan fingerprint density at radius 1 is 1.28 bits per heavy atom. The van der Waals surface area contributed by atoms with Crippen molar-refractivity contribution in [2.75, 3.05) is 6.54 Å². The number of hydrogen-bond acceptors (Lipinski definition) is 1. The normalized spacial score (nSPS) is 21.1. The van der Waals surface area contributed by atoms with E-state index in [1.54, 1.807) is 0 Å². The molecule has 0 amide bonds. The highest BCUT2D eigenvalue weighted by Crippen LogP contribution is 2.18. The molecule has 2 rings (SSSR count). The lowest BCUT2D eigenvalue weighted by Gasteiger charge is -2.23. The first-order valence-corrected chi connectivity index (χ1v) is 6.50. The summed E-state index contributed by atoms with van der Waals surface area (Å²) in [4.78, 5) is 0. The maximum atomic E-state index is 13.1. The van der Waals surface area contributed by atoms with Gasteiger partial charge < -0.3 is 5.32 Å². The maximum absolute atomic E-state index is 13.1. The zero-order chi connectivity index (χ0) is 13.0. The number of halogens is 2. The molecular formula is C15H19F2N. The molecule has 0 bridgehead atoms. The summed E-state index contributed by atoms with van der Waals surface area (Å²) in [6.45, 7) is 3.09. The van der Waals surface area contributed by atoms with E-state index in [4.69, 9.17) is 0 Å². The minimum atomic E-state index is -0.523. The quantitative estimate of drug-likeness (QED) is 0.859. The van der Waals surface area contributed by atoms with E-state index < -0.39 is 11.6 Å². The van der Waals surface area contributed by atoms with E-state index in [-0.39, 0.29) is 0 Å². The molecule has 1 atom stereocenters. The van der Waals surface area contributed by atoms with Crippen LogP contribution in [0.15, 0.2) is 23.8 Å². The van der Waals surface area contributed by atoms with Crippen LogP contribution < -0.4 is 5.32 Å². The van der Waals surface area contributed by atoms with E-state index in [2.05, 4.69) is 5.32 Å². The van der Waals surface area contributed by atoms with Crippen molar-refractivity contribution in [1.29, 1.82) is 0 Å². The van der Waals surface area contributed by atoms with Crippen molar-refractivity contribution in [3.63, 3.8) is 0 Å².